The number of aliphatic carboxylic acids is 1. The molecule has 14 heteroatoms. The van der Waals surface area contributed by atoms with E-state index in [4.69, 9.17) is 0 Å². The molecule has 3 N–H and O–H groups in total. The SMILES string of the molecule is CC[C@@H](Nc1cc(F)c(C(=O)N[C@@H](Cc2cccc3c(-n4c(=O)ccn(C)c4=O)cccc23)C(=O)O)c(F)c1)C(F)(F)F. The maximum Gasteiger partial charge on any atom is 0.408 e. The van der Waals surface area contributed by atoms with Crippen LogP contribution in [0.2, 0.25) is 0 Å². The van der Waals surface area contributed by atoms with E-state index in [-0.39, 0.29) is 12.1 Å². The molecular weight excluding hydrogens is 579 g/mol. The van der Waals surface area contributed by atoms with Gasteiger partial charge in [-0.1, -0.05) is 37.3 Å². The molecule has 3 aromatic carbocycles. The molecule has 0 unspecified atom stereocenters. The van der Waals surface area contributed by atoms with Crippen LogP contribution in [0.25, 0.3) is 16.5 Å². The quantitative estimate of drug-likeness (QED) is 0.247. The van der Waals surface area contributed by atoms with Gasteiger partial charge in [-0.3, -0.25) is 9.59 Å². The van der Waals surface area contributed by atoms with Gasteiger partial charge in [-0.05, 0) is 35.6 Å². The van der Waals surface area contributed by atoms with Crippen LogP contribution in [0.3, 0.4) is 0 Å². The standard InChI is InChI=1S/C29H25F5N4O5/c1-3-23(29(32,33)34)35-16-13-19(30)25(20(31)14-16)26(40)36-21(27(41)42)12-15-6-4-8-18-17(15)7-5-9-22(18)38-24(39)10-11-37(2)28(38)43/h4-11,13-14,21,23,35H,3,12H2,1-2H3,(H,36,40)(H,41,42)/t21-,23+/m0/s1. The van der Waals surface area contributed by atoms with Crippen molar-refractivity contribution in [3.05, 3.63) is 104 Å². The van der Waals surface area contributed by atoms with Crippen LogP contribution < -0.4 is 21.9 Å². The predicted octanol–water partition coefficient (Wildman–Crippen LogP) is 4.15. The number of alkyl halides is 3. The van der Waals surface area contributed by atoms with Crippen molar-refractivity contribution in [1.29, 1.82) is 0 Å². The summed E-state index contributed by atoms with van der Waals surface area (Å²) in [5, 5.41) is 14.7. The van der Waals surface area contributed by atoms with Crippen molar-refractivity contribution in [2.24, 2.45) is 7.05 Å². The first-order valence-corrected chi connectivity index (χ1v) is 12.9. The summed E-state index contributed by atoms with van der Waals surface area (Å²) in [6, 6.07) is 7.87. The first kappa shape index (κ1) is 30.9. The van der Waals surface area contributed by atoms with Crippen LogP contribution in [0.5, 0.6) is 0 Å². The molecule has 0 fully saturated rings. The second-order valence-corrected chi connectivity index (χ2v) is 9.70. The Hall–Kier alpha value is -5.01. The lowest BCUT2D eigenvalue weighted by Gasteiger charge is -2.22. The number of benzene rings is 3. The number of nitrogens with zero attached hydrogens (tertiary/aromatic N) is 2. The van der Waals surface area contributed by atoms with E-state index in [1.807, 2.05) is 5.32 Å². The van der Waals surface area contributed by atoms with Crippen LogP contribution in [-0.4, -0.2) is 44.4 Å². The average Bonchev–Trinajstić information content (AvgIpc) is 2.92. The Morgan fingerprint density at radius 1 is 0.977 bits per heavy atom. The van der Waals surface area contributed by atoms with Gasteiger partial charge in [-0.15, -0.1) is 0 Å². The van der Waals surface area contributed by atoms with Gasteiger partial charge in [0.05, 0.1) is 5.69 Å². The monoisotopic (exact) mass is 604 g/mol. The molecular formula is C29H25F5N4O5. The Bertz CT molecular complexity index is 1810. The zero-order valence-electron chi connectivity index (χ0n) is 22.7. The smallest absolute Gasteiger partial charge is 0.408 e. The molecule has 0 aliphatic rings. The number of carbonyl (C=O) groups excluding carboxylic acids is 1. The van der Waals surface area contributed by atoms with Gasteiger partial charge in [0.25, 0.3) is 11.5 Å². The second-order valence-electron chi connectivity index (χ2n) is 9.70. The molecule has 226 valence electrons. The molecule has 1 heterocycles. The molecule has 9 nitrogen and oxygen atoms in total. The zero-order chi connectivity index (χ0) is 31.6. The third-order valence-electron chi connectivity index (χ3n) is 6.83. The molecule has 43 heavy (non-hydrogen) atoms. The lowest BCUT2D eigenvalue weighted by molar-refractivity contribution is -0.143. The summed E-state index contributed by atoms with van der Waals surface area (Å²) in [6.07, 6.45) is -4.17. The van der Waals surface area contributed by atoms with Crippen LogP contribution in [-0.2, 0) is 18.3 Å². The first-order chi connectivity index (χ1) is 20.2. The van der Waals surface area contributed by atoms with Gasteiger partial charge in [-0.25, -0.2) is 22.9 Å². The number of carboxylic acid groups (broad SMARTS) is 1. The van der Waals surface area contributed by atoms with Crippen molar-refractivity contribution in [3.63, 3.8) is 0 Å². The van der Waals surface area contributed by atoms with Crippen molar-refractivity contribution in [3.8, 4) is 5.69 Å². The molecule has 0 radical (unpaired) electrons. The number of hydrogen-bond acceptors (Lipinski definition) is 5. The van der Waals surface area contributed by atoms with Crippen molar-refractivity contribution < 1.29 is 36.6 Å². The first-order valence-electron chi connectivity index (χ1n) is 12.9. The number of carboxylic acids is 1. The van der Waals surface area contributed by atoms with E-state index in [1.165, 1.54) is 36.9 Å². The fourth-order valence-electron chi connectivity index (χ4n) is 4.66. The maximum atomic E-state index is 14.8. The highest BCUT2D eigenvalue weighted by molar-refractivity contribution is 5.98. The number of hydrogen-bond donors (Lipinski definition) is 3. The molecule has 0 spiro atoms. The lowest BCUT2D eigenvalue weighted by atomic mass is 9.97. The van der Waals surface area contributed by atoms with Gasteiger partial charge in [0, 0.05) is 36.8 Å². The number of anilines is 1. The normalized spacial score (nSPS) is 13.0. The zero-order valence-corrected chi connectivity index (χ0v) is 22.7. The number of halogens is 5. The van der Waals surface area contributed by atoms with Gasteiger partial charge in [-0.2, -0.15) is 13.2 Å². The molecule has 0 saturated heterocycles. The minimum absolute atomic E-state index is 0.232. The number of aryl methyl sites for hydroxylation is 1. The second kappa shape index (κ2) is 12.1. The third kappa shape index (κ3) is 6.42. The molecule has 4 rings (SSSR count). The van der Waals surface area contributed by atoms with Crippen LogP contribution in [0.4, 0.5) is 27.6 Å². The van der Waals surface area contributed by atoms with Crippen molar-refractivity contribution in [2.75, 3.05) is 5.32 Å². The predicted molar refractivity (Wildman–Crippen MR) is 147 cm³/mol. The van der Waals surface area contributed by atoms with Gasteiger partial charge >= 0.3 is 17.8 Å². The Kier molecular flexibility index (Phi) is 8.69. The number of nitrogens with one attached hydrogen (secondary N) is 2. The molecule has 0 bridgehead atoms. The highest BCUT2D eigenvalue weighted by atomic mass is 19.4. The summed E-state index contributed by atoms with van der Waals surface area (Å²) in [5.41, 5.74) is -2.33. The largest absolute Gasteiger partial charge is 0.480 e. The Balaban J connectivity index is 1.65. The van der Waals surface area contributed by atoms with Crippen LogP contribution in [0.15, 0.2) is 70.4 Å². The van der Waals surface area contributed by atoms with Gasteiger partial charge in [0.1, 0.15) is 29.3 Å². The van der Waals surface area contributed by atoms with E-state index in [0.717, 1.165) is 4.57 Å². The van der Waals surface area contributed by atoms with Crippen LogP contribution in [0, 0.1) is 11.6 Å². The van der Waals surface area contributed by atoms with Crippen molar-refractivity contribution in [2.45, 2.75) is 38.0 Å². The summed E-state index contributed by atoms with van der Waals surface area (Å²) in [4.78, 5) is 50.2. The lowest BCUT2D eigenvalue weighted by Crippen LogP contribution is -2.43. The van der Waals surface area contributed by atoms with Crippen molar-refractivity contribution in [1.82, 2.24) is 14.5 Å². The number of carbonyl (C=O) groups is 2. The molecule has 1 amide bonds. The number of aromatic nitrogens is 2. The van der Waals surface area contributed by atoms with Gasteiger partial charge in [0.2, 0.25) is 0 Å². The fraction of sp³-hybridized carbons (Fsp3) is 0.241. The minimum Gasteiger partial charge on any atom is -0.480 e. The number of fused-ring (bicyclic) bond motifs is 1. The Morgan fingerprint density at radius 2 is 1.60 bits per heavy atom. The van der Waals surface area contributed by atoms with E-state index in [1.54, 1.807) is 30.3 Å². The van der Waals surface area contributed by atoms with Crippen LogP contribution >= 0.6 is 0 Å². The summed E-state index contributed by atoms with van der Waals surface area (Å²) in [7, 11) is 1.47. The highest BCUT2D eigenvalue weighted by Crippen LogP contribution is 2.28. The van der Waals surface area contributed by atoms with E-state index >= 15 is 0 Å². The van der Waals surface area contributed by atoms with E-state index in [2.05, 4.69) is 5.32 Å². The van der Waals surface area contributed by atoms with Crippen molar-refractivity contribution >= 4 is 28.3 Å². The molecule has 0 aliphatic carbocycles. The Morgan fingerprint density at radius 3 is 2.21 bits per heavy atom. The average molecular weight is 605 g/mol. The molecule has 0 aliphatic heterocycles. The Labute approximate surface area is 240 Å². The molecule has 1 aromatic heterocycles. The van der Waals surface area contributed by atoms with Gasteiger partial charge in [0.15, 0.2) is 0 Å². The van der Waals surface area contributed by atoms with E-state index < -0.39 is 70.7 Å². The number of amides is 1. The van der Waals surface area contributed by atoms with Gasteiger partial charge < -0.3 is 20.3 Å². The maximum absolute atomic E-state index is 14.8. The number of rotatable bonds is 9. The van der Waals surface area contributed by atoms with Crippen LogP contribution in [0.1, 0.15) is 29.3 Å². The van der Waals surface area contributed by atoms with E-state index in [0.29, 0.717) is 28.5 Å². The summed E-state index contributed by atoms with van der Waals surface area (Å²) < 4.78 is 70.9. The summed E-state index contributed by atoms with van der Waals surface area (Å²) in [5.74, 6) is -5.96. The molecule has 2 atom stereocenters. The molecule has 0 saturated carbocycles. The fourth-order valence-corrected chi connectivity index (χ4v) is 4.66. The summed E-state index contributed by atoms with van der Waals surface area (Å²) in [6.45, 7) is 1.23. The summed E-state index contributed by atoms with van der Waals surface area (Å²) >= 11 is 0. The topological polar surface area (TPSA) is 122 Å². The minimum atomic E-state index is -4.69. The highest BCUT2D eigenvalue weighted by Gasteiger charge is 2.38. The van der Waals surface area contributed by atoms with E-state index in [9.17, 15) is 46.2 Å². The third-order valence-corrected chi connectivity index (χ3v) is 6.83. The molecule has 4 aromatic rings.